The molecule has 0 aliphatic carbocycles. The molecule has 0 atom stereocenters. The van der Waals surface area contributed by atoms with Gasteiger partial charge in [0.2, 0.25) is 6.79 Å². The van der Waals surface area contributed by atoms with Crippen molar-refractivity contribution >= 4 is 12.1 Å². The Hall–Kier alpha value is -4.59. The number of benzene rings is 3. The second kappa shape index (κ2) is 10.1. The van der Waals surface area contributed by atoms with E-state index in [9.17, 15) is 4.79 Å². The monoisotopic (exact) mass is 468 g/mol. The molecule has 176 valence electrons. The largest absolute Gasteiger partial charge is 0.494 e. The van der Waals surface area contributed by atoms with Gasteiger partial charge in [0.15, 0.2) is 11.5 Å². The molecule has 1 aliphatic heterocycles. The number of amides is 1. The van der Waals surface area contributed by atoms with Gasteiger partial charge >= 0.3 is 0 Å². The molecule has 8 nitrogen and oxygen atoms in total. The summed E-state index contributed by atoms with van der Waals surface area (Å²) in [5.41, 5.74) is 6.31. The van der Waals surface area contributed by atoms with E-state index < -0.39 is 0 Å². The van der Waals surface area contributed by atoms with Crippen LogP contribution >= 0.6 is 0 Å². The van der Waals surface area contributed by atoms with Crippen LogP contribution in [0.3, 0.4) is 0 Å². The summed E-state index contributed by atoms with van der Waals surface area (Å²) < 4.78 is 18.1. The summed E-state index contributed by atoms with van der Waals surface area (Å²) in [6, 6.07) is 22.6. The van der Waals surface area contributed by atoms with Crippen LogP contribution in [0.25, 0.3) is 16.9 Å². The van der Waals surface area contributed by atoms with Gasteiger partial charge in [-0.3, -0.25) is 4.79 Å². The summed E-state index contributed by atoms with van der Waals surface area (Å²) in [6.07, 6.45) is 4.42. The van der Waals surface area contributed by atoms with Gasteiger partial charge in [-0.15, -0.1) is 0 Å². The van der Waals surface area contributed by atoms with Gasteiger partial charge in [0.1, 0.15) is 11.4 Å². The van der Waals surface area contributed by atoms with E-state index in [0.29, 0.717) is 23.7 Å². The molecule has 4 aromatic rings. The minimum absolute atomic E-state index is 0.151. The number of nitrogens with one attached hydrogen (secondary N) is 1. The van der Waals surface area contributed by atoms with Crippen molar-refractivity contribution in [3.05, 3.63) is 90.1 Å². The van der Waals surface area contributed by atoms with Gasteiger partial charge in [-0.25, -0.2) is 10.1 Å². The van der Waals surface area contributed by atoms with Crippen LogP contribution in [0.1, 0.15) is 29.3 Å². The molecule has 35 heavy (non-hydrogen) atoms. The zero-order chi connectivity index (χ0) is 24.0. The number of fused-ring (bicyclic) bond motifs is 1. The Morgan fingerprint density at radius 2 is 1.89 bits per heavy atom. The van der Waals surface area contributed by atoms with Gasteiger partial charge in [0, 0.05) is 22.9 Å². The SMILES string of the molecule is CCCOc1ccc(-c2nn(-c3ccccc3)cc2/C=N/NC(=O)c2ccc3c(c2)OCO3)cc1. The van der Waals surface area contributed by atoms with Gasteiger partial charge < -0.3 is 14.2 Å². The van der Waals surface area contributed by atoms with E-state index in [2.05, 4.69) is 17.5 Å². The first-order valence-corrected chi connectivity index (χ1v) is 11.3. The molecule has 0 spiro atoms. The Kier molecular flexibility index (Phi) is 6.43. The molecule has 1 aromatic heterocycles. The highest BCUT2D eigenvalue weighted by atomic mass is 16.7. The molecule has 0 saturated carbocycles. The van der Waals surface area contributed by atoms with E-state index in [0.717, 1.165) is 34.7 Å². The maximum atomic E-state index is 12.6. The lowest BCUT2D eigenvalue weighted by molar-refractivity contribution is 0.0954. The van der Waals surface area contributed by atoms with Gasteiger partial charge in [-0.2, -0.15) is 10.2 Å². The topological polar surface area (TPSA) is 87.0 Å². The van der Waals surface area contributed by atoms with E-state index in [-0.39, 0.29) is 12.7 Å². The van der Waals surface area contributed by atoms with Gasteiger partial charge in [0.25, 0.3) is 5.91 Å². The molecular formula is C27H24N4O4. The average Bonchev–Trinajstić information content (AvgIpc) is 3.55. The minimum Gasteiger partial charge on any atom is -0.494 e. The third-order valence-corrected chi connectivity index (χ3v) is 5.37. The molecule has 0 bridgehead atoms. The molecular weight excluding hydrogens is 444 g/mol. The first-order valence-electron chi connectivity index (χ1n) is 11.3. The van der Waals surface area contributed by atoms with Crippen molar-refractivity contribution in [3.8, 4) is 34.2 Å². The lowest BCUT2D eigenvalue weighted by Crippen LogP contribution is -2.17. The highest BCUT2D eigenvalue weighted by molar-refractivity contribution is 5.96. The number of carbonyl (C=O) groups is 1. The first-order chi connectivity index (χ1) is 17.2. The molecule has 0 fully saturated rings. The Bertz CT molecular complexity index is 1350. The van der Waals surface area contributed by atoms with Crippen molar-refractivity contribution in [1.82, 2.24) is 15.2 Å². The fourth-order valence-corrected chi connectivity index (χ4v) is 3.61. The fourth-order valence-electron chi connectivity index (χ4n) is 3.61. The van der Waals surface area contributed by atoms with Crippen molar-refractivity contribution in [2.75, 3.05) is 13.4 Å². The van der Waals surface area contributed by atoms with Crippen molar-refractivity contribution in [2.45, 2.75) is 13.3 Å². The molecule has 0 unspecified atom stereocenters. The molecule has 0 saturated heterocycles. The second-order valence-electron chi connectivity index (χ2n) is 7.85. The Labute approximate surface area is 202 Å². The van der Waals surface area contributed by atoms with Crippen LogP contribution in [-0.2, 0) is 0 Å². The normalized spacial score (nSPS) is 12.1. The number of rotatable bonds is 8. The quantitative estimate of drug-likeness (QED) is 0.296. The Morgan fingerprint density at radius 3 is 2.69 bits per heavy atom. The van der Waals surface area contributed by atoms with Crippen LogP contribution in [0.4, 0.5) is 0 Å². The molecule has 1 N–H and O–H groups in total. The Balaban J connectivity index is 1.39. The van der Waals surface area contributed by atoms with E-state index in [1.807, 2.05) is 60.8 Å². The predicted octanol–water partition coefficient (Wildman–Crippen LogP) is 4.82. The van der Waals surface area contributed by atoms with E-state index in [1.165, 1.54) is 0 Å². The number of nitrogens with zero attached hydrogens (tertiary/aromatic N) is 3. The highest BCUT2D eigenvalue weighted by Gasteiger charge is 2.16. The molecule has 1 aliphatic rings. The number of ether oxygens (including phenoxy) is 3. The summed E-state index contributed by atoms with van der Waals surface area (Å²) in [5, 5.41) is 8.97. The van der Waals surface area contributed by atoms with Crippen LogP contribution in [0.2, 0.25) is 0 Å². The molecule has 2 heterocycles. The molecule has 1 amide bonds. The van der Waals surface area contributed by atoms with Gasteiger partial charge in [-0.05, 0) is 61.0 Å². The predicted molar refractivity (Wildman–Crippen MR) is 132 cm³/mol. The first kappa shape index (κ1) is 22.2. The van der Waals surface area contributed by atoms with Crippen molar-refractivity contribution in [3.63, 3.8) is 0 Å². The fraction of sp³-hybridized carbons (Fsp3) is 0.148. The maximum absolute atomic E-state index is 12.6. The summed E-state index contributed by atoms with van der Waals surface area (Å²) in [4.78, 5) is 12.6. The van der Waals surface area contributed by atoms with Crippen LogP contribution < -0.4 is 19.6 Å². The third-order valence-electron chi connectivity index (χ3n) is 5.37. The number of para-hydroxylation sites is 1. The number of aromatic nitrogens is 2. The van der Waals surface area contributed by atoms with E-state index >= 15 is 0 Å². The summed E-state index contributed by atoms with van der Waals surface area (Å²) in [6.45, 7) is 2.89. The summed E-state index contributed by atoms with van der Waals surface area (Å²) in [7, 11) is 0. The lowest BCUT2D eigenvalue weighted by Gasteiger charge is -2.05. The summed E-state index contributed by atoms with van der Waals surface area (Å²) >= 11 is 0. The number of hydrogen-bond donors (Lipinski definition) is 1. The minimum atomic E-state index is -0.353. The number of hydrogen-bond acceptors (Lipinski definition) is 6. The van der Waals surface area contributed by atoms with E-state index in [1.54, 1.807) is 29.1 Å². The number of hydrazone groups is 1. The standard InChI is InChI=1S/C27H24N4O4/c1-2-14-33-23-11-8-19(9-12-23)26-21(17-31(30-26)22-6-4-3-5-7-22)16-28-29-27(32)20-10-13-24-25(15-20)35-18-34-24/h3-13,15-17H,2,14,18H2,1H3,(H,29,32)/b28-16+. The van der Waals surface area contributed by atoms with Crippen LogP contribution in [0, 0.1) is 0 Å². The van der Waals surface area contributed by atoms with Gasteiger partial charge in [-0.1, -0.05) is 25.1 Å². The van der Waals surface area contributed by atoms with Crippen molar-refractivity contribution < 1.29 is 19.0 Å². The third kappa shape index (κ3) is 5.01. The highest BCUT2D eigenvalue weighted by Crippen LogP contribution is 2.32. The molecule has 5 rings (SSSR count). The lowest BCUT2D eigenvalue weighted by atomic mass is 10.1. The van der Waals surface area contributed by atoms with E-state index in [4.69, 9.17) is 19.3 Å². The van der Waals surface area contributed by atoms with Gasteiger partial charge in [0.05, 0.1) is 18.5 Å². The summed E-state index contributed by atoms with van der Waals surface area (Å²) in [5.74, 6) is 1.62. The molecule has 0 radical (unpaired) electrons. The van der Waals surface area contributed by atoms with Crippen LogP contribution in [0.5, 0.6) is 17.2 Å². The molecule has 3 aromatic carbocycles. The molecule has 8 heteroatoms. The van der Waals surface area contributed by atoms with Crippen molar-refractivity contribution in [1.29, 1.82) is 0 Å². The number of carbonyl (C=O) groups excluding carboxylic acids is 1. The van der Waals surface area contributed by atoms with Crippen LogP contribution in [-0.4, -0.2) is 35.3 Å². The smallest absolute Gasteiger partial charge is 0.271 e. The average molecular weight is 469 g/mol. The Morgan fingerprint density at radius 1 is 1.09 bits per heavy atom. The van der Waals surface area contributed by atoms with Crippen molar-refractivity contribution in [2.24, 2.45) is 5.10 Å². The van der Waals surface area contributed by atoms with Crippen LogP contribution in [0.15, 0.2) is 84.1 Å². The maximum Gasteiger partial charge on any atom is 0.271 e. The second-order valence-corrected chi connectivity index (χ2v) is 7.85. The zero-order valence-electron chi connectivity index (χ0n) is 19.2. The zero-order valence-corrected chi connectivity index (χ0v) is 19.2.